The summed E-state index contributed by atoms with van der Waals surface area (Å²) < 4.78 is 18.4. The van der Waals surface area contributed by atoms with Crippen molar-refractivity contribution in [2.45, 2.75) is 26.7 Å². The van der Waals surface area contributed by atoms with Crippen molar-refractivity contribution >= 4 is 5.78 Å². The zero-order chi connectivity index (χ0) is 14.4. The monoisotopic (exact) mass is 267 g/mol. The van der Waals surface area contributed by atoms with Crippen LogP contribution in [-0.2, 0) is 11.2 Å². The number of hydrogen-bond donors (Lipinski definition) is 1. The molecule has 0 aliphatic rings. The average Bonchev–Trinajstić information content (AvgIpc) is 2.35. The Kier molecular flexibility index (Phi) is 5.96. The molecule has 2 N–H and O–H groups in total. The molecular formula is C15H22FNO2. The summed E-state index contributed by atoms with van der Waals surface area (Å²) in [5.41, 5.74) is 6.29. The number of nitrogens with two attached hydrogens (primary N) is 1. The van der Waals surface area contributed by atoms with Gasteiger partial charge in [0.1, 0.15) is 5.78 Å². The Balaban J connectivity index is 2.72. The maximum atomic E-state index is 13.5. The average molecular weight is 267 g/mol. The van der Waals surface area contributed by atoms with E-state index in [0.717, 1.165) is 6.42 Å². The minimum absolute atomic E-state index is 0.0702. The van der Waals surface area contributed by atoms with Gasteiger partial charge in [0.2, 0.25) is 0 Å². The van der Waals surface area contributed by atoms with E-state index in [1.165, 1.54) is 19.2 Å². The second kappa shape index (κ2) is 7.24. The lowest BCUT2D eigenvalue weighted by Gasteiger charge is -2.16. The highest BCUT2D eigenvalue weighted by Gasteiger charge is 2.18. The number of Topliss-reactive ketones (excluding diaryl/α,β-unsaturated/α-hetero) is 1. The molecule has 1 aromatic carbocycles. The third-order valence-corrected chi connectivity index (χ3v) is 3.09. The first-order valence-corrected chi connectivity index (χ1v) is 6.53. The van der Waals surface area contributed by atoms with Gasteiger partial charge >= 0.3 is 0 Å². The van der Waals surface area contributed by atoms with E-state index in [9.17, 15) is 9.18 Å². The first-order chi connectivity index (χ1) is 8.97. The Morgan fingerprint density at radius 2 is 2.11 bits per heavy atom. The maximum absolute atomic E-state index is 13.5. The number of ketones is 1. The zero-order valence-electron chi connectivity index (χ0n) is 11.8. The number of hydrogen-bond acceptors (Lipinski definition) is 3. The normalized spacial score (nSPS) is 12.5. The summed E-state index contributed by atoms with van der Waals surface area (Å²) in [6.07, 6.45) is 0.990. The fraction of sp³-hybridized carbons (Fsp3) is 0.533. The molecule has 0 saturated heterocycles. The van der Waals surface area contributed by atoms with Crippen LogP contribution in [0.3, 0.4) is 0 Å². The van der Waals surface area contributed by atoms with Crippen LogP contribution in [0.25, 0.3) is 0 Å². The molecule has 0 heterocycles. The summed E-state index contributed by atoms with van der Waals surface area (Å²) in [6.45, 7) is 4.46. The third kappa shape index (κ3) is 4.63. The van der Waals surface area contributed by atoms with Crippen molar-refractivity contribution in [1.29, 1.82) is 0 Å². The Bertz CT molecular complexity index is 432. The third-order valence-electron chi connectivity index (χ3n) is 3.09. The highest BCUT2D eigenvalue weighted by Crippen LogP contribution is 2.20. The lowest BCUT2D eigenvalue weighted by atomic mass is 9.90. The molecular weight excluding hydrogens is 245 g/mol. The van der Waals surface area contributed by atoms with Gasteiger partial charge in [-0.25, -0.2) is 4.39 Å². The Morgan fingerprint density at radius 3 is 2.58 bits per heavy atom. The van der Waals surface area contributed by atoms with Crippen molar-refractivity contribution in [3.63, 3.8) is 0 Å². The summed E-state index contributed by atoms with van der Waals surface area (Å²) in [7, 11) is 1.41. The molecule has 0 bridgehead atoms. The standard InChI is InChI=1S/C15H22FNO2/c1-10(2)6-12(9-17)14(18)8-11-4-5-15(19-3)13(16)7-11/h4-5,7,10,12H,6,8-9,17H2,1-3H3. The highest BCUT2D eigenvalue weighted by molar-refractivity contribution is 5.83. The second-order valence-electron chi connectivity index (χ2n) is 5.17. The fourth-order valence-electron chi connectivity index (χ4n) is 2.09. The highest BCUT2D eigenvalue weighted by atomic mass is 19.1. The minimum Gasteiger partial charge on any atom is -0.494 e. The van der Waals surface area contributed by atoms with Crippen molar-refractivity contribution in [1.82, 2.24) is 0 Å². The number of benzene rings is 1. The second-order valence-corrected chi connectivity index (χ2v) is 5.17. The van der Waals surface area contributed by atoms with Gasteiger partial charge in [0.15, 0.2) is 11.6 Å². The molecule has 4 heteroatoms. The van der Waals surface area contributed by atoms with E-state index in [1.54, 1.807) is 6.07 Å². The molecule has 0 amide bonds. The SMILES string of the molecule is COc1ccc(CC(=O)C(CN)CC(C)C)cc1F. The van der Waals surface area contributed by atoms with Crippen molar-refractivity contribution in [3.05, 3.63) is 29.6 Å². The molecule has 0 aliphatic carbocycles. The van der Waals surface area contributed by atoms with Crippen molar-refractivity contribution in [3.8, 4) is 5.75 Å². The number of carbonyl (C=O) groups is 1. The fourth-order valence-corrected chi connectivity index (χ4v) is 2.09. The van der Waals surface area contributed by atoms with Gasteiger partial charge in [-0.2, -0.15) is 0 Å². The lowest BCUT2D eigenvalue weighted by Crippen LogP contribution is -2.26. The summed E-state index contributed by atoms with van der Waals surface area (Å²) in [6, 6.07) is 4.60. The van der Waals surface area contributed by atoms with Gasteiger partial charge in [-0.1, -0.05) is 19.9 Å². The molecule has 19 heavy (non-hydrogen) atoms. The van der Waals surface area contributed by atoms with E-state index >= 15 is 0 Å². The Hall–Kier alpha value is -1.42. The first-order valence-electron chi connectivity index (χ1n) is 6.53. The van der Waals surface area contributed by atoms with Crippen LogP contribution in [0, 0.1) is 17.7 Å². The van der Waals surface area contributed by atoms with Gasteiger partial charge in [-0.15, -0.1) is 0 Å². The van der Waals surface area contributed by atoms with Gasteiger partial charge in [-0.05, 0) is 30.0 Å². The molecule has 0 aromatic heterocycles. The molecule has 0 fully saturated rings. The molecule has 1 rings (SSSR count). The number of halogens is 1. The summed E-state index contributed by atoms with van der Waals surface area (Å²) in [4.78, 5) is 12.1. The summed E-state index contributed by atoms with van der Waals surface area (Å²) >= 11 is 0. The van der Waals surface area contributed by atoms with E-state index in [2.05, 4.69) is 13.8 Å². The van der Waals surface area contributed by atoms with E-state index in [-0.39, 0.29) is 23.9 Å². The molecule has 106 valence electrons. The summed E-state index contributed by atoms with van der Waals surface area (Å²) in [5.74, 6) is 0.0887. The molecule has 0 spiro atoms. The smallest absolute Gasteiger partial charge is 0.165 e. The predicted octanol–water partition coefficient (Wildman–Crippen LogP) is 2.57. The molecule has 1 unspecified atom stereocenters. The quantitative estimate of drug-likeness (QED) is 0.826. The van der Waals surface area contributed by atoms with Gasteiger partial charge in [0, 0.05) is 18.9 Å². The van der Waals surface area contributed by atoms with Crippen LogP contribution in [0.5, 0.6) is 5.75 Å². The van der Waals surface area contributed by atoms with Gasteiger partial charge in [-0.3, -0.25) is 4.79 Å². The lowest BCUT2D eigenvalue weighted by molar-refractivity contribution is -0.122. The van der Waals surface area contributed by atoms with Crippen molar-refractivity contribution in [2.75, 3.05) is 13.7 Å². The first kappa shape index (κ1) is 15.6. The van der Waals surface area contributed by atoms with Gasteiger partial charge in [0.25, 0.3) is 0 Å². The largest absolute Gasteiger partial charge is 0.494 e. The molecule has 3 nitrogen and oxygen atoms in total. The van der Waals surface area contributed by atoms with E-state index < -0.39 is 5.82 Å². The summed E-state index contributed by atoms with van der Waals surface area (Å²) in [5, 5.41) is 0. The van der Waals surface area contributed by atoms with E-state index in [0.29, 0.717) is 18.0 Å². The van der Waals surface area contributed by atoms with Crippen LogP contribution in [0.15, 0.2) is 18.2 Å². The number of ether oxygens (including phenoxy) is 1. The van der Waals surface area contributed by atoms with E-state index in [1.807, 2.05) is 0 Å². The number of rotatable bonds is 7. The van der Waals surface area contributed by atoms with E-state index in [4.69, 9.17) is 10.5 Å². The Morgan fingerprint density at radius 1 is 1.42 bits per heavy atom. The topological polar surface area (TPSA) is 52.3 Å². The predicted molar refractivity (Wildman–Crippen MR) is 73.7 cm³/mol. The number of carbonyl (C=O) groups excluding carboxylic acids is 1. The van der Waals surface area contributed by atoms with Crippen LogP contribution in [0.4, 0.5) is 4.39 Å². The molecule has 1 atom stereocenters. The van der Waals surface area contributed by atoms with Crippen LogP contribution in [0.2, 0.25) is 0 Å². The van der Waals surface area contributed by atoms with Gasteiger partial charge < -0.3 is 10.5 Å². The minimum atomic E-state index is -0.444. The van der Waals surface area contributed by atoms with Crippen LogP contribution < -0.4 is 10.5 Å². The number of methoxy groups -OCH3 is 1. The van der Waals surface area contributed by atoms with Gasteiger partial charge in [0.05, 0.1) is 7.11 Å². The molecule has 0 saturated carbocycles. The van der Waals surface area contributed by atoms with Crippen LogP contribution in [0.1, 0.15) is 25.8 Å². The zero-order valence-corrected chi connectivity index (χ0v) is 11.8. The Labute approximate surface area is 113 Å². The van der Waals surface area contributed by atoms with Crippen LogP contribution in [-0.4, -0.2) is 19.4 Å². The molecule has 1 aromatic rings. The van der Waals surface area contributed by atoms with Crippen molar-refractivity contribution < 1.29 is 13.9 Å². The molecule has 0 radical (unpaired) electrons. The molecule has 0 aliphatic heterocycles. The maximum Gasteiger partial charge on any atom is 0.165 e. The van der Waals surface area contributed by atoms with Crippen molar-refractivity contribution in [2.24, 2.45) is 17.6 Å². The van der Waals surface area contributed by atoms with Crippen LogP contribution >= 0.6 is 0 Å².